The molecule has 1 heterocycles. The molecule has 0 atom stereocenters. The molecule has 0 spiro atoms. The van der Waals surface area contributed by atoms with E-state index >= 15 is 0 Å². The summed E-state index contributed by atoms with van der Waals surface area (Å²) in [6, 6.07) is 1.87. The van der Waals surface area contributed by atoms with Crippen LogP contribution < -0.4 is 5.32 Å². The maximum Gasteiger partial charge on any atom is 0.240 e. The van der Waals surface area contributed by atoms with Gasteiger partial charge >= 0.3 is 0 Å². The largest absolute Gasteiger partial charge is 0.355 e. The van der Waals surface area contributed by atoms with Gasteiger partial charge in [0.1, 0.15) is 18.9 Å². The zero-order valence-electron chi connectivity index (χ0n) is 10.0. The Morgan fingerprint density at radius 2 is 2.35 bits per heavy atom. The molecule has 6 nitrogen and oxygen atoms in total. The van der Waals surface area contributed by atoms with Gasteiger partial charge in [0, 0.05) is 6.54 Å². The van der Waals surface area contributed by atoms with E-state index in [0.29, 0.717) is 6.54 Å². The fourth-order valence-electron chi connectivity index (χ4n) is 1.45. The average molecular weight is 235 g/mol. The Bertz CT molecular complexity index is 393. The highest BCUT2D eigenvalue weighted by Crippen LogP contribution is 1.97. The van der Waals surface area contributed by atoms with Gasteiger partial charge in [-0.05, 0) is 6.42 Å². The molecule has 1 rings (SSSR count). The fourth-order valence-corrected chi connectivity index (χ4v) is 1.45. The zero-order chi connectivity index (χ0) is 12.5. The number of carbonyl (C=O) groups excluding carboxylic acids is 1. The molecular formula is C11H17N5O. The summed E-state index contributed by atoms with van der Waals surface area (Å²) in [4.78, 5) is 11.5. The second-order valence-corrected chi connectivity index (χ2v) is 3.80. The summed E-state index contributed by atoms with van der Waals surface area (Å²) in [5, 5.41) is 18.7. The van der Waals surface area contributed by atoms with Crippen molar-refractivity contribution in [3.05, 3.63) is 12.2 Å². The van der Waals surface area contributed by atoms with Crippen molar-refractivity contribution in [1.29, 1.82) is 5.26 Å². The third kappa shape index (κ3) is 4.64. The lowest BCUT2D eigenvalue weighted by Crippen LogP contribution is -2.28. The number of hydrogen-bond acceptors (Lipinski definition) is 4. The van der Waals surface area contributed by atoms with Gasteiger partial charge in [0.15, 0.2) is 0 Å². The number of nitriles is 1. The third-order valence-corrected chi connectivity index (χ3v) is 2.38. The minimum Gasteiger partial charge on any atom is -0.355 e. The van der Waals surface area contributed by atoms with Crippen molar-refractivity contribution in [1.82, 2.24) is 20.1 Å². The van der Waals surface area contributed by atoms with Crippen molar-refractivity contribution in [3.8, 4) is 6.07 Å². The standard InChI is InChI=1S/C11H17N5O/c1-2-3-4-5-6-13-11(17)8-16-9-14-15-10(16)7-12/h9H,2-6,8H2,1H3,(H,13,17). The predicted octanol–water partition coefficient (Wildman–Crippen LogP) is 0.846. The molecule has 0 fully saturated rings. The van der Waals surface area contributed by atoms with Crippen LogP contribution in [0, 0.1) is 11.3 Å². The predicted molar refractivity (Wildman–Crippen MR) is 61.9 cm³/mol. The Hall–Kier alpha value is -1.90. The minimum absolute atomic E-state index is 0.101. The van der Waals surface area contributed by atoms with Crippen LogP contribution in [0.25, 0.3) is 0 Å². The SMILES string of the molecule is CCCCCCNC(=O)Cn1cnnc1C#N. The average Bonchev–Trinajstić information content (AvgIpc) is 2.76. The molecular weight excluding hydrogens is 218 g/mol. The zero-order valence-corrected chi connectivity index (χ0v) is 10.0. The van der Waals surface area contributed by atoms with Gasteiger partial charge in [-0.15, -0.1) is 10.2 Å². The maximum atomic E-state index is 11.5. The number of carbonyl (C=O) groups is 1. The van der Waals surface area contributed by atoms with Crippen LogP contribution in [-0.2, 0) is 11.3 Å². The van der Waals surface area contributed by atoms with Crippen molar-refractivity contribution in [2.75, 3.05) is 6.54 Å². The van der Waals surface area contributed by atoms with Crippen LogP contribution >= 0.6 is 0 Å². The normalized spacial score (nSPS) is 9.88. The number of unbranched alkanes of at least 4 members (excludes halogenated alkanes) is 3. The first-order valence-electron chi connectivity index (χ1n) is 5.82. The van der Waals surface area contributed by atoms with E-state index in [4.69, 9.17) is 5.26 Å². The molecule has 0 aliphatic heterocycles. The van der Waals surface area contributed by atoms with Gasteiger partial charge in [-0.3, -0.25) is 9.36 Å². The van der Waals surface area contributed by atoms with E-state index in [-0.39, 0.29) is 18.3 Å². The number of nitrogens with one attached hydrogen (secondary N) is 1. The molecule has 0 aromatic carbocycles. The number of amides is 1. The highest BCUT2D eigenvalue weighted by atomic mass is 16.1. The Morgan fingerprint density at radius 3 is 3.06 bits per heavy atom. The maximum absolute atomic E-state index is 11.5. The molecule has 1 aromatic heterocycles. The van der Waals surface area contributed by atoms with Crippen molar-refractivity contribution in [2.45, 2.75) is 39.2 Å². The second kappa shape index (κ2) is 7.39. The monoisotopic (exact) mass is 235 g/mol. The lowest BCUT2D eigenvalue weighted by Gasteiger charge is -2.05. The lowest BCUT2D eigenvalue weighted by molar-refractivity contribution is -0.121. The Balaban J connectivity index is 2.24. The topological polar surface area (TPSA) is 83.6 Å². The van der Waals surface area contributed by atoms with Crippen LogP contribution in [-0.4, -0.2) is 27.2 Å². The van der Waals surface area contributed by atoms with Crippen LogP contribution in [0.5, 0.6) is 0 Å². The summed E-state index contributed by atoms with van der Waals surface area (Å²) >= 11 is 0. The van der Waals surface area contributed by atoms with Gasteiger partial charge in [-0.2, -0.15) is 5.26 Å². The van der Waals surface area contributed by atoms with Crippen LogP contribution in [0.2, 0.25) is 0 Å². The highest BCUT2D eigenvalue weighted by molar-refractivity contribution is 5.75. The molecule has 0 radical (unpaired) electrons. The van der Waals surface area contributed by atoms with Crippen LogP contribution in [0.1, 0.15) is 38.4 Å². The molecule has 17 heavy (non-hydrogen) atoms. The molecule has 0 aliphatic rings. The van der Waals surface area contributed by atoms with Crippen LogP contribution in [0.4, 0.5) is 0 Å². The minimum atomic E-state index is -0.113. The molecule has 1 aromatic rings. The molecule has 6 heteroatoms. The van der Waals surface area contributed by atoms with Crippen molar-refractivity contribution in [3.63, 3.8) is 0 Å². The molecule has 92 valence electrons. The summed E-state index contributed by atoms with van der Waals surface area (Å²) in [6.07, 6.45) is 5.88. The molecule has 0 unspecified atom stereocenters. The summed E-state index contributed by atoms with van der Waals surface area (Å²) in [7, 11) is 0. The summed E-state index contributed by atoms with van der Waals surface area (Å²) < 4.78 is 1.43. The highest BCUT2D eigenvalue weighted by Gasteiger charge is 2.07. The smallest absolute Gasteiger partial charge is 0.240 e. The molecule has 0 aliphatic carbocycles. The first-order valence-corrected chi connectivity index (χ1v) is 5.82. The van der Waals surface area contributed by atoms with E-state index < -0.39 is 0 Å². The Labute approximate surface area is 101 Å². The van der Waals surface area contributed by atoms with Gasteiger partial charge < -0.3 is 5.32 Å². The number of aromatic nitrogens is 3. The molecule has 0 saturated heterocycles. The van der Waals surface area contributed by atoms with E-state index in [1.807, 2.05) is 6.07 Å². The molecule has 0 bridgehead atoms. The van der Waals surface area contributed by atoms with E-state index in [1.165, 1.54) is 23.7 Å². The molecule has 1 N–H and O–H groups in total. The van der Waals surface area contributed by atoms with E-state index in [1.54, 1.807) is 0 Å². The lowest BCUT2D eigenvalue weighted by atomic mass is 10.2. The van der Waals surface area contributed by atoms with Gasteiger partial charge in [-0.25, -0.2) is 0 Å². The van der Waals surface area contributed by atoms with E-state index in [0.717, 1.165) is 12.8 Å². The number of hydrogen-bond donors (Lipinski definition) is 1. The summed E-state index contributed by atoms with van der Waals surface area (Å²) in [6.45, 7) is 2.93. The Morgan fingerprint density at radius 1 is 1.53 bits per heavy atom. The van der Waals surface area contributed by atoms with Crippen molar-refractivity contribution in [2.24, 2.45) is 0 Å². The van der Waals surface area contributed by atoms with E-state index in [9.17, 15) is 4.79 Å². The molecule has 1 amide bonds. The molecule has 0 saturated carbocycles. The van der Waals surface area contributed by atoms with Crippen molar-refractivity contribution < 1.29 is 4.79 Å². The first kappa shape index (κ1) is 13.2. The van der Waals surface area contributed by atoms with Gasteiger partial charge in [0.05, 0.1) is 0 Å². The van der Waals surface area contributed by atoms with Crippen molar-refractivity contribution >= 4 is 5.91 Å². The number of rotatable bonds is 7. The van der Waals surface area contributed by atoms with Crippen LogP contribution in [0.15, 0.2) is 6.33 Å². The van der Waals surface area contributed by atoms with E-state index in [2.05, 4.69) is 22.4 Å². The van der Waals surface area contributed by atoms with Crippen LogP contribution in [0.3, 0.4) is 0 Å². The quantitative estimate of drug-likeness (QED) is 0.710. The summed E-state index contributed by atoms with van der Waals surface area (Å²) in [5.74, 6) is 0.0453. The number of nitrogens with zero attached hydrogens (tertiary/aromatic N) is 4. The van der Waals surface area contributed by atoms with Gasteiger partial charge in [0.2, 0.25) is 11.7 Å². The second-order valence-electron chi connectivity index (χ2n) is 3.80. The van der Waals surface area contributed by atoms with Gasteiger partial charge in [0.25, 0.3) is 0 Å². The third-order valence-electron chi connectivity index (χ3n) is 2.38. The Kier molecular flexibility index (Phi) is 5.72. The fraction of sp³-hybridized carbons (Fsp3) is 0.636. The first-order chi connectivity index (χ1) is 8.27. The van der Waals surface area contributed by atoms with Gasteiger partial charge in [-0.1, -0.05) is 26.2 Å². The summed E-state index contributed by atoms with van der Waals surface area (Å²) in [5.41, 5.74) is 0.